The number of hydrogen-bond donors (Lipinski definition) is 0. The number of ketones is 2. The Bertz CT molecular complexity index is 594. The quantitative estimate of drug-likeness (QED) is 0.427. The fourth-order valence-corrected chi connectivity index (χ4v) is 3.83. The molecule has 2 nitrogen and oxygen atoms in total. The number of carbonyl (C=O) groups excluding carboxylic acids is 2. The normalized spacial score (nSPS) is 35.0. The van der Waals surface area contributed by atoms with E-state index < -0.39 is 0 Å². The van der Waals surface area contributed by atoms with Gasteiger partial charge in [0.2, 0.25) is 11.6 Å². The second-order valence-electron chi connectivity index (χ2n) is 8.32. The third-order valence-corrected chi connectivity index (χ3v) is 5.37. The molecule has 4 atom stereocenters. The second kappa shape index (κ2) is 5.33. The molecule has 0 aromatic carbocycles. The Balaban J connectivity index is 2.56. The summed E-state index contributed by atoms with van der Waals surface area (Å²) in [6.07, 6.45) is 8.33. The van der Waals surface area contributed by atoms with Crippen molar-refractivity contribution in [2.24, 2.45) is 28.6 Å². The number of fused-ring (bicyclic) bond motifs is 2. The zero-order valence-corrected chi connectivity index (χ0v) is 14.9. The maximum absolute atomic E-state index is 12.7. The first-order valence-electron chi connectivity index (χ1n) is 8.13. The minimum absolute atomic E-state index is 0.0922. The topological polar surface area (TPSA) is 34.1 Å². The molecule has 0 aromatic heterocycles. The molecule has 3 rings (SSSR count). The first kappa shape index (κ1) is 16.9. The molecule has 0 aliphatic heterocycles. The van der Waals surface area contributed by atoms with E-state index >= 15 is 0 Å². The van der Waals surface area contributed by atoms with Gasteiger partial charge in [0, 0.05) is 11.3 Å². The molecule has 0 amide bonds. The molecule has 0 aromatic rings. The van der Waals surface area contributed by atoms with Gasteiger partial charge < -0.3 is 0 Å². The number of carbonyl (C=O) groups is 2. The van der Waals surface area contributed by atoms with Crippen LogP contribution < -0.4 is 0 Å². The second-order valence-corrected chi connectivity index (χ2v) is 8.32. The highest BCUT2D eigenvalue weighted by Gasteiger charge is 2.58. The zero-order valence-electron chi connectivity index (χ0n) is 14.9. The van der Waals surface area contributed by atoms with E-state index in [2.05, 4.69) is 66.7 Å². The van der Waals surface area contributed by atoms with E-state index in [-0.39, 0.29) is 40.2 Å². The monoisotopic (exact) mass is 300 g/mol. The Morgan fingerprint density at radius 3 is 2.27 bits per heavy atom. The van der Waals surface area contributed by atoms with Crippen LogP contribution in [0.4, 0.5) is 0 Å². The lowest BCUT2D eigenvalue weighted by atomic mass is 9.48. The Hall–Kier alpha value is -1.44. The van der Waals surface area contributed by atoms with E-state index in [9.17, 15) is 9.59 Å². The van der Waals surface area contributed by atoms with Gasteiger partial charge in [-0.3, -0.25) is 9.59 Å². The van der Waals surface area contributed by atoms with Crippen molar-refractivity contribution in [3.8, 4) is 0 Å². The fourth-order valence-electron chi connectivity index (χ4n) is 3.83. The first-order chi connectivity index (χ1) is 10.00. The molecule has 0 spiro atoms. The highest BCUT2D eigenvalue weighted by molar-refractivity contribution is 6.41. The van der Waals surface area contributed by atoms with E-state index in [1.165, 1.54) is 5.57 Å². The van der Waals surface area contributed by atoms with Crippen LogP contribution in [0, 0.1) is 28.6 Å². The Labute approximate surface area is 134 Å². The van der Waals surface area contributed by atoms with Gasteiger partial charge in [-0.05, 0) is 25.2 Å². The Morgan fingerprint density at radius 1 is 1.18 bits per heavy atom. The summed E-state index contributed by atoms with van der Waals surface area (Å²) >= 11 is 0. The summed E-state index contributed by atoms with van der Waals surface area (Å²) in [6.45, 7) is 14.7. The van der Waals surface area contributed by atoms with Crippen molar-refractivity contribution in [3.63, 3.8) is 0 Å². The molecule has 3 aliphatic carbocycles. The summed E-state index contributed by atoms with van der Waals surface area (Å²) < 4.78 is 0. The summed E-state index contributed by atoms with van der Waals surface area (Å²) in [5.41, 5.74) is 1.97. The number of rotatable bonds is 2. The lowest BCUT2D eigenvalue weighted by molar-refractivity contribution is -0.150. The van der Waals surface area contributed by atoms with Gasteiger partial charge in [0.1, 0.15) is 0 Å². The third kappa shape index (κ3) is 2.53. The average Bonchev–Trinajstić information content (AvgIpc) is 2.37. The van der Waals surface area contributed by atoms with Crippen molar-refractivity contribution in [3.05, 3.63) is 35.5 Å². The van der Waals surface area contributed by atoms with Gasteiger partial charge in [0.05, 0.1) is 5.92 Å². The third-order valence-electron chi connectivity index (χ3n) is 5.37. The highest BCUT2D eigenvalue weighted by atomic mass is 16.2. The van der Waals surface area contributed by atoms with Crippen LogP contribution in [0.1, 0.15) is 48.5 Å². The molecular formula is C20H28O2. The van der Waals surface area contributed by atoms with Gasteiger partial charge in [-0.2, -0.15) is 0 Å². The molecular weight excluding hydrogens is 272 g/mol. The highest BCUT2D eigenvalue weighted by Crippen LogP contribution is 2.57. The Morgan fingerprint density at radius 2 is 1.77 bits per heavy atom. The molecule has 3 aliphatic rings. The maximum Gasteiger partial charge on any atom is 0.207 e. The van der Waals surface area contributed by atoms with Gasteiger partial charge >= 0.3 is 0 Å². The molecule has 1 fully saturated rings. The summed E-state index contributed by atoms with van der Waals surface area (Å²) in [6, 6.07) is 0. The summed E-state index contributed by atoms with van der Waals surface area (Å²) in [5.74, 6) is -0.830. The van der Waals surface area contributed by atoms with E-state index in [4.69, 9.17) is 0 Å². The van der Waals surface area contributed by atoms with E-state index in [1.807, 2.05) is 6.08 Å². The van der Waals surface area contributed by atoms with Gasteiger partial charge in [-0.1, -0.05) is 70.1 Å². The molecule has 2 bridgehead atoms. The van der Waals surface area contributed by atoms with Gasteiger partial charge in [0.15, 0.2) is 0 Å². The first-order valence-corrected chi connectivity index (χ1v) is 8.13. The van der Waals surface area contributed by atoms with Crippen molar-refractivity contribution >= 4 is 11.6 Å². The molecule has 4 unspecified atom stereocenters. The van der Waals surface area contributed by atoms with Crippen LogP contribution in [-0.2, 0) is 9.59 Å². The van der Waals surface area contributed by atoms with Gasteiger partial charge in [0.25, 0.3) is 0 Å². The van der Waals surface area contributed by atoms with Crippen LogP contribution in [0.3, 0.4) is 0 Å². The van der Waals surface area contributed by atoms with Crippen molar-refractivity contribution < 1.29 is 9.59 Å². The predicted molar refractivity (Wildman–Crippen MR) is 90.4 cm³/mol. The molecule has 0 radical (unpaired) electrons. The number of hydrogen-bond acceptors (Lipinski definition) is 2. The summed E-state index contributed by atoms with van der Waals surface area (Å²) in [4.78, 5) is 25.0. The van der Waals surface area contributed by atoms with Crippen molar-refractivity contribution in [2.75, 3.05) is 0 Å². The minimum atomic E-state index is -0.318. The van der Waals surface area contributed by atoms with Crippen LogP contribution >= 0.6 is 0 Å². The van der Waals surface area contributed by atoms with Crippen LogP contribution in [-0.4, -0.2) is 11.6 Å². The largest absolute Gasteiger partial charge is 0.290 e. The molecule has 0 N–H and O–H groups in total. The van der Waals surface area contributed by atoms with E-state index in [0.29, 0.717) is 0 Å². The summed E-state index contributed by atoms with van der Waals surface area (Å²) in [7, 11) is 0. The average molecular weight is 300 g/mol. The predicted octanol–water partition coefficient (Wildman–Crippen LogP) is 4.52. The van der Waals surface area contributed by atoms with Crippen molar-refractivity contribution in [1.82, 2.24) is 0 Å². The minimum Gasteiger partial charge on any atom is -0.290 e. The van der Waals surface area contributed by atoms with E-state index in [0.717, 1.165) is 5.57 Å². The smallest absolute Gasteiger partial charge is 0.207 e. The molecule has 1 saturated carbocycles. The molecule has 22 heavy (non-hydrogen) atoms. The standard InChI is InChI=1S/C20H28O2/c1-12(2)9-8-10-20(7)13(3)14-11-15(19(4,5)6)16(20)18(22)17(14)21/h8-11,13-14,16H,1-7H3/b10-8-. The van der Waals surface area contributed by atoms with Crippen LogP contribution in [0.5, 0.6) is 0 Å². The van der Waals surface area contributed by atoms with Crippen molar-refractivity contribution in [1.29, 1.82) is 0 Å². The maximum atomic E-state index is 12.7. The summed E-state index contributed by atoms with van der Waals surface area (Å²) in [5, 5.41) is 0. The molecule has 120 valence electrons. The number of allylic oxidation sites excluding steroid dienone is 6. The van der Waals surface area contributed by atoms with Crippen LogP contribution in [0.2, 0.25) is 0 Å². The lowest BCUT2D eigenvalue weighted by Crippen LogP contribution is -2.56. The Kier molecular flexibility index (Phi) is 4.10. The molecule has 0 saturated heterocycles. The van der Waals surface area contributed by atoms with Crippen LogP contribution in [0.15, 0.2) is 35.5 Å². The van der Waals surface area contributed by atoms with E-state index in [1.54, 1.807) is 0 Å². The van der Waals surface area contributed by atoms with Crippen LogP contribution in [0.25, 0.3) is 0 Å². The molecule has 0 heterocycles. The molecule has 2 heteroatoms. The van der Waals surface area contributed by atoms with Crippen molar-refractivity contribution in [2.45, 2.75) is 48.5 Å². The van der Waals surface area contributed by atoms with Gasteiger partial charge in [-0.25, -0.2) is 0 Å². The number of Topliss-reactive ketones (excluding diaryl/α,β-unsaturated/α-hetero) is 2. The SMILES string of the molecule is CC(C)=C/C=C\C1(C)C2C(=O)C(=O)C(C=C2C(C)(C)C)C1C. The lowest BCUT2D eigenvalue weighted by Gasteiger charge is -2.53. The van der Waals surface area contributed by atoms with Gasteiger partial charge in [-0.15, -0.1) is 0 Å². The zero-order chi connectivity index (χ0) is 16.9. The fraction of sp³-hybridized carbons (Fsp3) is 0.600.